The third kappa shape index (κ3) is 4.13. The quantitative estimate of drug-likeness (QED) is 0.663. The van der Waals surface area contributed by atoms with E-state index in [0.717, 1.165) is 30.4 Å². The molecule has 0 bridgehead atoms. The first-order chi connectivity index (χ1) is 12.0. The summed E-state index contributed by atoms with van der Waals surface area (Å²) >= 11 is 0. The van der Waals surface area contributed by atoms with Gasteiger partial charge in [0.1, 0.15) is 11.4 Å². The summed E-state index contributed by atoms with van der Waals surface area (Å²) in [4.78, 5) is 4.72. The van der Waals surface area contributed by atoms with Crippen molar-refractivity contribution in [3.63, 3.8) is 0 Å². The standard InChI is InChI=1S/C19H27N5O/c1-5-20-18(21-13-14-10-11-22-24(14)4)23-16-12-19(2,3)25-17-9-7-6-8-15(16)17/h6-11,16H,5,12-13H2,1-4H3,(H2,20,21,23). The summed E-state index contributed by atoms with van der Waals surface area (Å²) in [7, 11) is 1.93. The lowest BCUT2D eigenvalue weighted by atomic mass is 9.90. The molecule has 1 aliphatic heterocycles. The Bertz CT molecular complexity index is 750. The molecule has 1 atom stereocenters. The summed E-state index contributed by atoms with van der Waals surface area (Å²) < 4.78 is 7.96. The maximum Gasteiger partial charge on any atom is 0.192 e. The van der Waals surface area contributed by atoms with Gasteiger partial charge in [-0.1, -0.05) is 18.2 Å². The van der Waals surface area contributed by atoms with E-state index in [9.17, 15) is 0 Å². The molecular formula is C19H27N5O. The van der Waals surface area contributed by atoms with Crippen LogP contribution in [0.2, 0.25) is 0 Å². The lowest BCUT2D eigenvalue weighted by Crippen LogP contribution is -2.45. The van der Waals surface area contributed by atoms with Crippen LogP contribution in [-0.4, -0.2) is 27.9 Å². The van der Waals surface area contributed by atoms with E-state index in [4.69, 9.17) is 9.73 Å². The summed E-state index contributed by atoms with van der Waals surface area (Å²) in [6.45, 7) is 7.71. The van der Waals surface area contributed by atoms with Crippen LogP contribution in [0.4, 0.5) is 0 Å². The van der Waals surface area contributed by atoms with E-state index in [-0.39, 0.29) is 11.6 Å². The van der Waals surface area contributed by atoms with Crippen molar-refractivity contribution < 1.29 is 4.74 Å². The number of benzene rings is 1. The summed E-state index contributed by atoms with van der Waals surface area (Å²) in [6.07, 6.45) is 2.67. The highest BCUT2D eigenvalue weighted by atomic mass is 16.5. The highest BCUT2D eigenvalue weighted by molar-refractivity contribution is 5.80. The van der Waals surface area contributed by atoms with Crippen LogP contribution in [0.25, 0.3) is 0 Å². The number of para-hydroxylation sites is 1. The monoisotopic (exact) mass is 341 g/mol. The van der Waals surface area contributed by atoms with Gasteiger partial charge in [0.15, 0.2) is 5.96 Å². The second-order valence-corrected chi connectivity index (χ2v) is 6.94. The number of aryl methyl sites for hydroxylation is 1. The Kier molecular flexibility index (Phi) is 4.97. The highest BCUT2D eigenvalue weighted by Gasteiger charge is 2.33. The predicted molar refractivity (Wildman–Crippen MR) is 99.7 cm³/mol. The second-order valence-electron chi connectivity index (χ2n) is 6.94. The Balaban J connectivity index is 1.81. The fourth-order valence-corrected chi connectivity index (χ4v) is 3.13. The number of hydrogen-bond acceptors (Lipinski definition) is 3. The molecule has 1 aliphatic rings. The number of rotatable bonds is 4. The smallest absolute Gasteiger partial charge is 0.192 e. The van der Waals surface area contributed by atoms with E-state index in [1.165, 1.54) is 5.56 Å². The molecule has 0 aliphatic carbocycles. The van der Waals surface area contributed by atoms with Crippen LogP contribution < -0.4 is 15.4 Å². The van der Waals surface area contributed by atoms with Crippen molar-refractivity contribution in [2.75, 3.05) is 6.54 Å². The summed E-state index contributed by atoms with van der Waals surface area (Å²) in [5.41, 5.74) is 2.03. The Morgan fingerprint density at radius 3 is 2.88 bits per heavy atom. The lowest BCUT2D eigenvalue weighted by Gasteiger charge is -2.38. The van der Waals surface area contributed by atoms with Crippen LogP contribution in [0.1, 0.15) is 44.5 Å². The van der Waals surface area contributed by atoms with Gasteiger partial charge >= 0.3 is 0 Å². The Morgan fingerprint density at radius 2 is 2.16 bits per heavy atom. The SMILES string of the molecule is CCNC(=NCc1ccnn1C)NC1CC(C)(C)Oc2ccccc21. The molecule has 3 rings (SSSR count). The van der Waals surface area contributed by atoms with Crippen LogP contribution in [0.5, 0.6) is 5.75 Å². The molecule has 2 heterocycles. The van der Waals surface area contributed by atoms with Gasteiger partial charge in [0.2, 0.25) is 0 Å². The number of guanidine groups is 1. The number of fused-ring (bicyclic) bond motifs is 1. The van der Waals surface area contributed by atoms with Crippen LogP contribution in [0, 0.1) is 0 Å². The molecule has 25 heavy (non-hydrogen) atoms. The molecule has 0 amide bonds. The maximum atomic E-state index is 6.11. The van der Waals surface area contributed by atoms with E-state index in [2.05, 4.69) is 48.6 Å². The molecule has 6 heteroatoms. The molecule has 1 aromatic carbocycles. The molecule has 0 spiro atoms. The number of aliphatic imine (C=N–C) groups is 1. The fourth-order valence-electron chi connectivity index (χ4n) is 3.13. The van der Waals surface area contributed by atoms with Gasteiger partial charge in [-0.25, -0.2) is 4.99 Å². The number of ether oxygens (including phenoxy) is 1. The topological polar surface area (TPSA) is 63.5 Å². The van der Waals surface area contributed by atoms with Crippen molar-refractivity contribution in [3.05, 3.63) is 47.8 Å². The number of nitrogens with zero attached hydrogens (tertiary/aromatic N) is 3. The third-order valence-corrected chi connectivity index (χ3v) is 4.35. The first-order valence-electron chi connectivity index (χ1n) is 8.78. The van der Waals surface area contributed by atoms with Crippen molar-refractivity contribution in [1.29, 1.82) is 0 Å². The Labute approximate surface area is 149 Å². The first kappa shape index (κ1) is 17.3. The van der Waals surface area contributed by atoms with Crippen molar-refractivity contribution in [3.8, 4) is 5.75 Å². The van der Waals surface area contributed by atoms with Gasteiger partial charge in [-0.2, -0.15) is 5.10 Å². The summed E-state index contributed by atoms with van der Waals surface area (Å²) in [5.74, 6) is 1.75. The molecule has 2 aromatic rings. The molecule has 0 saturated heterocycles. The predicted octanol–water partition coefficient (Wildman–Crippen LogP) is 2.78. The van der Waals surface area contributed by atoms with E-state index >= 15 is 0 Å². The zero-order valence-corrected chi connectivity index (χ0v) is 15.4. The zero-order valence-electron chi connectivity index (χ0n) is 15.4. The molecular weight excluding hydrogens is 314 g/mol. The molecule has 6 nitrogen and oxygen atoms in total. The number of hydrogen-bond donors (Lipinski definition) is 2. The minimum absolute atomic E-state index is 0.157. The van der Waals surface area contributed by atoms with E-state index in [1.807, 2.05) is 29.9 Å². The minimum Gasteiger partial charge on any atom is -0.487 e. The average Bonchev–Trinajstić information content (AvgIpc) is 2.97. The Hall–Kier alpha value is -2.50. The van der Waals surface area contributed by atoms with E-state index in [0.29, 0.717) is 6.54 Å². The number of aromatic nitrogens is 2. The zero-order chi connectivity index (χ0) is 17.9. The van der Waals surface area contributed by atoms with Crippen molar-refractivity contribution in [2.24, 2.45) is 12.0 Å². The maximum absolute atomic E-state index is 6.11. The molecule has 134 valence electrons. The third-order valence-electron chi connectivity index (χ3n) is 4.35. The number of nitrogens with one attached hydrogen (secondary N) is 2. The average molecular weight is 341 g/mol. The van der Waals surface area contributed by atoms with Gasteiger partial charge in [-0.15, -0.1) is 0 Å². The molecule has 0 radical (unpaired) electrons. The van der Waals surface area contributed by atoms with Crippen LogP contribution >= 0.6 is 0 Å². The van der Waals surface area contributed by atoms with Crippen molar-refractivity contribution in [1.82, 2.24) is 20.4 Å². The minimum atomic E-state index is -0.217. The Morgan fingerprint density at radius 1 is 1.36 bits per heavy atom. The van der Waals surface area contributed by atoms with Gasteiger partial charge in [0.25, 0.3) is 0 Å². The van der Waals surface area contributed by atoms with Gasteiger partial charge in [0, 0.05) is 31.8 Å². The van der Waals surface area contributed by atoms with Gasteiger partial charge in [-0.3, -0.25) is 4.68 Å². The van der Waals surface area contributed by atoms with Crippen molar-refractivity contribution >= 4 is 5.96 Å². The first-order valence-corrected chi connectivity index (χ1v) is 8.78. The molecule has 0 saturated carbocycles. The molecule has 0 fully saturated rings. The van der Waals surface area contributed by atoms with Crippen LogP contribution in [0.15, 0.2) is 41.5 Å². The van der Waals surface area contributed by atoms with Gasteiger partial charge in [-0.05, 0) is 32.9 Å². The van der Waals surface area contributed by atoms with Crippen LogP contribution in [-0.2, 0) is 13.6 Å². The summed E-state index contributed by atoms with van der Waals surface area (Å²) in [5, 5.41) is 11.1. The van der Waals surface area contributed by atoms with E-state index in [1.54, 1.807) is 6.20 Å². The molecule has 2 N–H and O–H groups in total. The summed E-state index contributed by atoms with van der Waals surface area (Å²) in [6, 6.07) is 10.4. The van der Waals surface area contributed by atoms with Gasteiger partial charge < -0.3 is 15.4 Å². The highest BCUT2D eigenvalue weighted by Crippen LogP contribution is 2.39. The second kappa shape index (κ2) is 7.17. The lowest BCUT2D eigenvalue weighted by molar-refractivity contribution is 0.0694. The fraction of sp³-hybridized carbons (Fsp3) is 0.474. The molecule has 1 aromatic heterocycles. The van der Waals surface area contributed by atoms with Crippen LogP contribution in [0.3, 0.4) is 0 Å². The van der Waals surface area contributed by atoms with Gasteiger partial charge in [0.05, 0.1) is 18.3 Å². The molecule has 1 unspecified atom stereocenters. The van der Waals surface area contributed by atoms with Crippen molar-refractivity contribution in [2.45, 2.75) is 45.4 Å². The van der Waals surface area contributed by atoms with E-state index < -0.39 is 0 Å². The largest absolute Gasteiger partial charge is 0.487 e. The normalized spacial score (nSPS) is 19.0.